The second kappa shape index (κ2) is 7.64. The van der Waals surface area contributed by atoms with Crippen molar-refractivity contribution in [1.29, 1.82) is 0 Å². The van der Waals surface area contributed by atoms with E-state index in [-0.39, 0.29) is 6.10 Å². The molecule has 0 saturated heterocycles. The van der Waals surface area contributed by atoms with E-state index in [1.807, 2.05) is 0 Å². The van der Waals surface area contributed by atoms with Crippen LogP contribution in [0.4, 0.5) is 0 Å². The fourth-order valence-electron chi connectivity index (χ4n) is 3.38. The van der Waals surface area contributed by atoms with Gasteiger partial charge in [-0.2, -0.15) is 0 Å². The molecule has 1 aliphatic rings. The van der Waals surface area contributed by atoms with Gasteiger partial charge in [-0.15, -0.1) is 0 Å². The predicted octanol–water partition coefficient (Wildman–Crippen LogP) is 4.07. The van der Waals surface area contributed by atoms with Crippen LogP contribution in [-0.2, 0) is 0 Å². The van der Waals surface area contributed by atoms with E-state index in [1.165, 1.54) is 38.5 Å². The van der Waals surface area contributed by atoms with Gasteiger partial charge in [0.05, 0.1) is 6.10 Å². The maximum atomic E-state index is 10.3. The number of hydrogen-bond acceptors (Lipinski definition) is 2. The Morgan fingerprint density at radius 1 is 1.16 bits per heavy atom. The second-order valence-electron chi connectivity index (χ2n) is 7.17. The van der Waals surface area contributed by atoms with Crippen molar-refractivity contribution in [2.75, 3.05) is 13.6 Å². The van der Waals surface area contributed by atoms with Gasteiger partial charge in [0.15, 0.2) is 0 Å². The molecule has 1 aliphatic carbocycles. The first-order valence-electron chi connectivity index (χ1n) is 8.30. The number of rotatable bonds is 7. The van der Waals surface area contributed by atoms with Gasteiger partial charge in [0.1, 0.15) is 0 Å². The molecule has 0 bridgehead atoms. The zero-order valence-corrected chi connectivity index (χ0v) is 13.8. The van der Waals surface area contributed by atoms with Crippen LogP contribution in [0.3, 0.4) is 0 Å². The average Bonchev–Trinajstić information content (AvgIpc) is 2.39. The molecule has 2 nitrogen and oxygen atoms in total. The summed E-state index contributed by atoms with van der Waals surface area (Å²) in [6, 6.07) is 0.376. The molecule has 0 aliphatic heterocycles. The van der Waals surface area contributed by atoms with Crippen LogP contribution in [-0.4, -0.2) is 35.7 Å². The molecular weight excluding hydrogens is 234 g/mol. The lowest BCUT2D eigenvalue weighted by Crippen LogP contribution is -2.48. The van der Waals surface area contributed by atoms with Crippen LogP contribution in [0.5, 0.6) is 0 Å². The third-order valence-corrected chi connectivity index (χ3v) is 5.48. The van der Waals surface area contributed by atoms with Gasteiger partial charge in [-0.1, -0.05) is 47.0 Å². The molecule has 0 radical (unpaired) electrons. The van der Waals surface area contributed by atoms with Gasteiger partial charge < -0.3 is 10.0 Å². The van der Waals surface area contributed by atoms with Gasteiger partial charge in [-0.25, -0.2) is 0 Å². The Balaban J connectivity index is 2.55. The van der Waals surface area contributed by atoms with Crippen molar-refractivity contribution >= 4 is 0 Å². The van der Waals surface area contributed by atoms with Crippen molar-refractivity contribution in [3.63, 3.8) is 0 Å². The Labute approximate surface area is 120 Å². The number of unbranched alkanes of at least 4 members (excludes halogenated alkanes) is 2. The highest BCUT2D eigenvalue weighted by atomic mass is 16.3. The minimum atomic E-state index is -0.115. The molecule has 1 rings (SSSR count). The predicted molar refractivity (Wildman–Crippen MR) is 83.4 cm³/mol. The Kier molecular flexibility index (Phi) is 6.82. The molecule has 0 aromatic carbocycles. The Morgan fingerprint density at radius 2 is 1.84 bits per heavy atom. The van der Waals surface area contributed by atoms with Crippen LogP contribution in [0.2, 0.25) is 0 Å². The molecule has 1 saturated carbocycles. The van der Waals surface area contributed by atoms with Gasteiger partial charge >= 0.3 is 0 Å². The van der Waals surface area contributed by atoms with Crippen LogP contribution in [0, 0.1) is 11.3 Å². The fraction of sp³-hybridized carbons (Fsp3) is 1.00. The number of hydrogen-bond donors (Lipinski definition) is 1. The largest absolute Gasteiger partial charge is 0.391 e. The highest BCUT2D eigenvalue weighted by Crippen LogP contribution is 2.41. The zero-order chi connectivity index (χ0) is 14.5. The number of aliphatic hydroxyl groups is 1. The third kappa shape index (κ3) is 4.75. The van der Waals surface area contributed by atoms with Crippen molar-refractivity contribution in [2.45, 2.75) is 84.8 Å². The second-order valence-corrected chi connectivity index (χ2v) is 7.17. The lowest BCUT2D eigenvalue weighted by Gasteiger charge is -2.44. The summed E-state index contributed by atoms with van der Waals surface area (Å²) >= 11 is 0. The van der Waals surface area contributed by atoms with Crippen LogP contribution < -0.4 is 0 Å². The summed E-state index contributed by atoms with van der Waals surface area (Å²) in [4.78, 5) is 2.41. The van der Waals surface area contributed by atoms with E-state index in [9.17, 15) is 5.11 Å². The average molecular weight is 269 g/mol. The lowest BCUT2D eigenvalue weighted by atomic mass is 9.67. The van der Waals surface area contributed by atoms with Gasteiger partial charge in [0.2, 0.25) is 0 Å². The van der Waals surface area contributed by atoms with Gasteiger partial charge in [0, 0.05) is 6.04 Å². The first-order chi connectivity index (χ1) is 8.92. The SMILES string of the molecule is CCCCCN(C)C1CC(C(C)(C)CC)CCC1O. The number of nitrogens with zero attached hydrogens (tertiary/aromatic N) is 1. The van der Waals surface area contributed by atoms with Crippen molar-refractivity contribution in [3.8, 4) is 0 Å². The molecule has 3 atom stereocenters. The first kappa shape index (κ1) is 17.0. The van der Waals surface area contributed by atoms with Crippen molar-refractivity contribution in [3.05, 3.63) is 0 Å². The molecule has 0 heterocycles. The van der Waals surface area contributed by atoms with E-state index in [2.05, 4.69) is 39.6 Å². The van der Waals surface area contributed by atoms with Crippen LogP contribution >= 0.6 is 0 Å². The van der Waals surface area contributed by atoms with Gasteiger partial charge in [-0.3, -0.25) is 0 Å². The normalized spacial score (nSPS) is 28.9. The highest BCUT2D eigenvalue weighted by molar-refractivity contribution is 4.90. The standard InChI is InChI=1S/C17H35NO/c1-6-8-9-12-18(5)15-13-14(10-11-16(15)19)17(3,4)7-2/h14-16,19H,6-13H2,1-5H3. The Morgan fingerprint density at radius 3 is 2.42 bits per heavy atom. The van der Waals surface area contributed by atoms with E-state index < -0.39 is 0 Å². The van der Waals surface area contributed by atoms with E-state index >= 15 is 0 Å². The summed E-state index contributed by atoms with van der Waals surface area (Å²) in [7, 11) is 2.20. The smallest absolute Gasteiger partial charge is 0.0695 e. The quantitative estimate of drug-likeness (QED) is 0.704. The summed E-state index contributed by atoms with van der Waals surface area (Å²) in [5, 5.41) is 10.3. The molecule has 0 aromatic rings. The maximum absolute atomic E-state index is 10.3. The van der Waals surface area contributed by atoms with E-state index in [0.29, 0.717) is 11.5 Å². The van der Waals surface area contributed by atoms with E-state index in [4.69, 9.17) is 0 Å². The maximum Gasteiger partial charge on any atom is 0.0695 e. The van der Waals surface area contributed by atoms with Crippen LogP contribution in [0.15, 0.2) is 0 Å². The minimum absolute atomic E-state index is 0.115. The van der Waals surface area contributed by atoms with Gasteiger partial charge in [-0.05, 0) is 50.6 Å². The van der Waals surface area contributed by atoms with Crippen molar-refractivity contribution in [2.24, 2.45) is 11.3 Å². The summed E-state index contributed by atoms with van der Waals surface area (Å²) in [6.45, 7) is 10.5. The Bertz CT molecular complexity index is 252. The molecular formula is C17H35NO. The zero-order valence-electron chi connectivity index (χ0n) is 13.8. The molecule has 114 valence electrons. The van der Waals surface area contributed by atoms with Crippen molar-refractivity contribution < 1.29 is 5.11 Å². The molecule has 1 fully saturated rings. The monoisotopic (exact) mass is 269 g/mol. The summed E-state index contributed by atoms with van der Waals surface area (Å²) in [6.07, 6.45) is 8.31. The molecule has 0 amide bonds. The molecule has 19 heavy (non-hydrogen) atoms. The fourth-order valence-corrected chi connectivity index (χ4v) is 3.38. The summed E-state index contributed by atoms with van der Waals surface area (Å²) in [5.74, 6) is 0.763. The van der Waals surface area contributed by atoms with Crippen LogP contribution in [0.25, 0.3) is 0 Å². The summed E-state index contributed by atoms with van der Waals surface area (Å²) in [5.41, 5.74) is 0.419. The third-order valence-electron chi connectivity index (χ3n) is 5.48. The number of likely N-dealkylation sites (N-methyl/N-ethyl adjacent to an activating group) is 1. The molecule has 0 spiro atoms. The molecule has 1 N–H and O–H groups in total. The molecule has 2 heteroatoms. The highest BCUT2D eigenvalue weighted by Gasteiger charge is 2.37. The Hall–Kier alpha value is -0.0800. The lowest BCUT2D eigenvalue weighted by molar-refractivity contribution is -0.0122. The van der Waals surface area contributed by atoms with E-state index in [0.717, 1.165) is 18.9 Å². The van der Waals surface area contributed by atoms with E-state index in [1.54, 1.807) is 0 Å². The summed E-state index contributed by atoms with van der Waals surface area (Å²) < 4.78 is 0. The molecule has 0 aromatic heterocycles. The van der Waals surface area contributed by atoms with Crippen molar-refractivity contribution in [1.82, 2.24) is 4.90 Å². The van der Waals surface area contributed by atoms with Crippen LogP contribution in [0.1, 0.15) is 72.6 Å². The first-order valence-corrected chi connectivity index (χ1v) is 8.30. The molecule has 3 unspecified atom stereocenters. The number of aliphatic hydroxyl groups excluding tert-OH is 1. The van der Waals surface area contributed by atoms with Gasteiger partial charge in [0.25, 0.3) is 0 Å². The topological polar surface area (TPSA) is 23.5 Å². The minimum Gasteiger partial charge on any atom is -0.391 e.